The van der Waals surface area contributed by atoms with Crippen LogP contribution in [0.15, 0.2) is 72.8 Å². The molecule has 0 bridgehead atoms. The number of imidazole rings is 1. The fourth-order valence-electron chi connectivity index (χ4n) is 2.98. The van der Waals surface area contributed by atoms with Gasteiger partial charge in [0.2, 0.25) is 0 Å². The molecule has 1 N–H and O–H groups in total. The molecule has 0 saturated heterocycles. The SMILES string of the molecule is CC(C)(C)c1cccc(Oc2ccccc2-c2nc3ccccc3[nH]2)c1. The quantitative estimate of drug-likeness (QED) is 0.473. The van der Waals surface area contributed by atoms with Crippen molar-refractivity contribution < 1.29 is 4.74 Å². The lowest BCUT2D eigenvalue weighted by Gasteiger charge is -2.20. The van der Waals surface area contributed by atoms with E-state index >= 15 is 0 Å². The molecule has 3 aromatic carbocycles. The van der Waals surface area contributed by atoms with Gasteiger partial charge in [0.15, 0.2) is 0 Å². The van der Waals surface area contributed by atoms with Crippen molar-refractivity contribution >= 4 is 11.0 Å². The monoisotopic (exact) mass is 342 g/mol. The zero-order valence-electron chi connectivity index (χ0n) is 15.3. The molecule has 1 aromatic heterocycles. The maximum Gasteiger partial charge on any atom is 0.142 e. The number of fused-ring (bicyclic) bond motifs is 1. The molecular formula is C23H22N2O. The largest absolute Gasteiger partial charge is 0.457 e. The second-order valence-electron chi connectivity index (χ2n) is 7.48. The Morgan fingerprint density at radius 2 is 1.62 bits per heavy atom. The Bertz CT molecular complexity index is 1020. The molecule has 0 saturated carbocycles. The Hall–Kier alpha value is -3.07. The van der Waals surface area contributed by atoms with Crippen LogP contribution in [0.3, 0.4) is 0 Å². The highest BCUT2D eigenvalue weighted by Crippen LogP contribution is 2.34. The number of benzene rings is 3. The van der Waals surface area contributed by atoms with E-state index in [1.807, 2.05) is 60.7 Å². The van der Waals surface area contributed by atoms with Crippen molar-refractivity contribution in [3.63, 3.8) is 0 Å². The molecule has 0 fully saturated rings. The van der Waals surface area contributed by atoms with E-state index in [1.54, 1.807) is 0 Å². The van der Waals surface area contributed by atoms with Crippen LogP contribution in [0, 0.1) is 0 Å². The van der Waals surface area contributed by atoms with Gasteiger partial charge < -0.3 is 9.72 Å². The first-order valence-corrected chi connectivity index (χ1v) is 8.83. The molecule has 0 amide bonds. The van der Waals surface area contributed by atoms with E-state index in [1.165, 1.54) is 5.56 Å². The number of rotatable bonds is 3. The fraction of sp³-hybridized carbons (Fsp3) is 0.174. The molecule has 4 aromatic rings. The van der Waals surface area contributed by atoms with Gasteiger partial charge in [-0.2, -0.15) is 0 Å². The average molecular weight is 342 g/mol. The second kappa shape index (κ2) is 6.34. The van der Waals surface area contributed by atoms with Gasteiger partial charge in [0.05, 0.1) is 16.6 Å². The predicted octanol–water partition coefficient (Wildman–Crippen LogP) is 6.32. The number of hydrogen-bond acceptors (Lipinski definition) is 2. The summed E-state index contributed by atoms with van der Waals surface area (Å²) in [4.78, 5) is 8.09. The summed E-state index contributed by atoms with van der Waals surface area (Å²) in [5.41, 5.74) is 4.25. The normalized spacial score (nSPS) is 11.7. The highest BCUT2D eigenvalue weighted by atomic mass is 16.5. The lowest BCUT2D eigenvalue weighted by molar-refractivity contribution is 0.480. The Labute approximate surface area is 153 Å². The van der Waals surface area contributed by atoms with E-state index in [0.717, 1.165) is 33.9 Å². The van der Waals surface area contributed by atoms with Gasteiger partial charge in [0.1, 0.15) is 17.3 Å². The maximum absolute atomic E-state index is 6.24. The highest BCUT2D eigenvalue weighted by molar-refractivity contribution is 5.80. The molecule has 26 heavy (non-hydrogen) atoms. The lowest BCUT2D eigenvalue weighted by atomic mass is 9.87. The number of nitrogens with one attached hydrogen (secondary N) is 1. The van der Waals surface area contributed by atoms with Crippen LogP contribution < -0.4 is 4.74 Å². The number of aromatic amines is 1. The first kappa shape index (κ1) is 16.4. The van der Waals surface area contributed by atoms with E-state index in [4.69, 9.17) is 9.72 Å². The summed E-state index contributed by atoms with van der Waals surface area (Å²) in [6.45, 7) is 6.61. The molecule has 0 radical (unpaired) electrons. The molecule has 3 nitrogen and oxygen atoms in total. The van der Waals surface area contributed by atoms with Gasteiger partial charge in [0, 0.05) is 0 Å². The van der Waals surface area contributed by atoms with E-state index in [0.29, 0.717) is 0 Å². The van der Waals surface area contributed by atoms with E-state index in [-0.39, 0.29) is 5.41 Å². The summed E-state index contributed by atoms with van der Waals surface area (Å²) < 4.78 is 6.24. The third kappa shape index (κ3) is 3.21. The van der Waals surface area contributed by atoms with E-state index in [2.05, 4.69) is 37.9 Å². The summed E-state index contributed by atoms with van der Waals surface area (Å²) in [5.74, 6) is 2.44. The van der Waals surface area contributed by atoms with Gasteiger partial charge in [-0.15, -0.1) is 0 Å². The van der Waals surface area contributed by atoms with Crippen LogP contribution in [-0.4, -0.2) is 9.97 Å². The number of aromatic nitrogens is 2. The molecule has 3 heteroatoms. The summed E-state index contributed by atoms with van der Waals surface area (Å²) in [6, 6.07) is 24.3. The number of H-pyrrole nitrogens is 1. The molecule has 130 valence electrons. The molecule has 0 spiro atoms. The van der Waals surface area contributed by atoms with Crippen LogP contribution in [0.25, 0.3) is 22.4 Å². The van der Waals surface area contributed by atoms with Crippen molar-refractivity contribution in [3.05, 3.63) is 78.4 Å². The molecule has 4 rings (SSSR count). The Kier molecular flexibility index (Phi) is 4.00. The van der Waals surface area contributed by atoms with Gasteiger partial charge in [-0.1, -0.05) is 57.2 Å². The van der Waals surface area contributed by atoms with Crippen LogP contribution in [0.1, 0.15) is 26.3 Å². The molecule has 0 aliphatic heterocycles. The van der Waals surface area contributed by atoms with Crippen molar-refractivity contribution in [1.29, 1.82) is 0 Å². The number of para-hydroxylation sites is 3. The topological polar surface area (TPSA) is 37.9 Å². The lowest BCUT2D eigenvalue weighted by Crippen LogP contribution is -2.10. The van der Waals surface area contributed by atoms with Crippen molar-refractivity contribution in [2.45, 2.75) is 26.2 Å². The zero-order chi connectivity index (χ0) is 18.1. The number of ether oxygens (including phenoxy) is 1. The Morgan fingerprint density at radius 3 is 2.42 bits per heavy atom. The predicted molar refractivity (Wildman–Crippen MR) is 107 cm³/mol. The third-order valence-corrected chi connectivity index (χ3v) is 4.46. The first-order chi connectivity index (χ1) is 12.5. The molecule has 1 heterocycles. The molecular weight excluding hydrogens is 320 g/mol. The van der Waals surface area contributed by atoms with Gasteiger partial charge >= 0.3 is 0 Å². The van der Waals surface area contributed by atoms with E-state index in [9.17, 15) is 0 Å². The highest BCUT2D eigenvalue weighted by Gasteiger charge is 2.15. The Morgan fingerprint density at radius 1 is 0.846 bits per heavy atom. The molecule has 0 unspecified atom stereocenters. The molecule has 0 atom stereocenters. The van der Waals surface area contributed by atoms with E-state index < -0.39 is 0 Å². The first-order valence-electron chi connectivity index (χ1n) is 8.83. The maximum atomic E-state index is 6.24. The minimum absolute atomic E-state index is 0.0810. The average Bonchev–Trinajstić information content (AvgIpc) is 3.06. The molecule has 0 aliphatic rings. The molecule has 0 aliphatic carbocycles. The summed E-state index contributed by atoms with van der Waals surface area (Å²) >= 11 is 0. The third-order valence-electron chi connectivity index (χ3n) is 4.46. The Balaban J connectivity index is 1.73. The van der Waals surface area contributed by atoms with Crippen molar-refractivity contribution in [3.8, 4) is 22.9 Å². The van der Waals surface area contributed by atoms with Crippen LogP contribution >= 0.6 is 0 Å². The summed E-state index contributed by atoms with van der Waals surface area (Å²) in [7, 11) is 0. The minimum Gasteiger partial charge on any atom is -0.457 e. The van der Waals surface area contributed by atoms with Gasteiger partial charge in [-0.3, -0.25) is 0 Å². The van der Waals surface area contributed by atoms with Gasteiger partial charge in [-0.25, -0.2) is 4.98 Å². The van der Waals surface area contributed by atoms with Crippen LogP contribution in [0.2, 0.25) is 0 Å². The van der Waals surface area contributed by atoms with Crippen LogP contribution in [-0.2, 0) is 5.41 Å². The second-order valence-corrected chi connectivity index (χ2v) is 7.48. The standard InChI is InChI=1S/C23H22N2O/c1-23(2,3)16-9-8-10-17(15-16)26-21-14-7-4-11-18(21)22-24-19-12-5-6-13-20(19)25-22/h4-15H,1-3H3,(H,24,25). The van der Waals surface area contributed by atoms with Crippen molar-refractivity contribution in [1.82, 2.24) is 9.97 Å². The van der Waals surface area contributed by atoms with Gasteiger partial charge in [-0.05, 0) is 47.4 Å². The van der Waals surface area contributed by atoms with Gasteiger partial charge in [0.25, 0.3) is 0 Å². The van der Waals surface area contributed by atoms with Crippen molar-refractivity contribution in [2.24, 2.45) is 0 Å². The number of hydrogen-bond donors (Lipinski definition) is 1. The van der Waals surface area contributed by atoms with Crippen LogP contribution in [0.5, 0.6) is 11.5 Å². The van der Waals surface area contributed by atoms with Crippen LogP contribution in [0.4, 0.5) is 0 Å². The smallest absolute Gasteiger partial charge is 0.142 e. The zero-order valence-corrected chi connectivity index (χ0v) is 15.3. The van der Waals surface area contributed by atoms with Crippen molar-refractivity contribution in [2.75, 3.05) is 0 Å². The summed E-state index contributed by atoms with van der Waals surface area (Å²) in [5, 5.41) is 0. The summed E-state index contributed by atoms with van der Waals surface area (Å²) in [6.07, 6.45) is 0. The minimum atomic E-state index is 0.0810. The number of nitrogens with zero attached hydrogens (tertiary/aromatic N) is 1. The fourth-order valence-corrected chi connectivity index (χ4v) is 2.98.